The number of nitrogens with zero attached hydrogens (tertiary/aromatic N) is 1. The molecular formula is C15H26IN3OS. The molecule has 4 nitrogen and oxygen atoms in total. The van der Waals surface area contributed by atoms with E-state index in [1.165, 1.54) is 12.2 Å². The van der Waals surface area contributed by atoms with Crippen LogP contribution in [0.1, 0.15) is 26.7 Å². The average molecular weight is 423 g/mol. The first-order valence-electron chi connectivity index (χ1n) is 6.94. The fraction of sp³-hybridized carbons (Fsp3) is 0.533. The number of rotatable bonds is 8. The molecule has 0 aliphatic carbocycles. The van der Waals surface area contributed by atoms with Crippen LogP contribution in [-0.2, 0) is 0 Å². The maximum atomic E-state index is 5.84. The Morgan fingerprint density at radius 1 is 1.29 bits per heavy atom. The molecule has 0 saturated heterocycles. The van der Waals surface area contributed by atoms with E-state index in [9.17, 15) is 0 Å². The fourth-order valence-electron chi connectivity index (χ4n) is 1.63. The largest absolute Gasteiger partial charge is 0.491 e. The minimum absolute atomic E-state index is 0. The minimum atomic E-state index is 0. The summed E-state index contributed by atoms with van der Waals surface area (Å²) >= 11 is 1.86. The first-order chi connectivity index (χ1) is 9.61. The van der Waals surface area contributed by atoms with Crippen LogP contribution in [0.25, 0.3) is 0 Å². The van der Waals surface area contributed by atoms with Crippen LogP contribution < -0.4 is 15.8 Å². The first-order valence-corrected chi connectivity index (χ1v) is 8.34. The molecule has 1 aromatic carbocycles. The van der Waals surface area contributed by atoms with Crippen LogP contribution in [0.5, 0.6) is 5.75 Å². The predicted molar refractivity (Wildman–Crippen MR) is 105 cm³/mol. The summed E-state index contributed by atoms with van der Waals surface area (Å²) in [7, 11) is 0. The molecule has 0 bridgehead atoms. The molecule has 0 fully saturated rings. The van der Waals surface area contributed by atoms with Crippen LogP contribution in [0, 0.1) is 0 Å². The monoisotopic (exact) mass is 423 g/mol. The Hall–Kier alpha value is -0.630. The number of thioether (sulfide) groups is 1. The molecule has 0 heterocycles. The molecule has 0 amide bonds. The molecule has 3 N–H and O–H groups in total. The Kier molecular flexibility index (Phi) is 11.6. The summed E-state index contributed by atoms with van der Waals surface area (Å²) in [5, 5.41) is 3.08. The molecular weight excluding hydrogens is 397 g/mol. The van der Waals surface area contributed by atoms with E-state index in [0.717, 1.165) is 24.4 Å². The van der Waals surface area contributed by atoms with Crippen molar-refractivity contribution in [3.05, 3.63) is 24.3 Å². The smallest absolute Gasteiger partial charge is 0.193 e. The minimum Gasteiger partial charge on any atom is -0.491 e. The number of hydrogen-bond acceptors (Lipinski definition) is 3. The summed E-state index contributed by atoms with van der Waals surface area (Å²) < 4.78 is 5.59. The Balaban J connectivity index is 0.00000400. The summed E-state index contributed by atoms with van der Waals surface area (Å²) in [5.74, 6) is 2.50. The number of hydrogen-bond donors (Lipinski definition) is 2. The van der Waals surface area contributed by atoms with Gasteiger partial charge in [0.1, 0.15) is 5.75 Å². The topological polar surface area (TPSA) is 59.6 Å². The summed E-state index contributed by atoms with van der Waals surface area (Å²) in [5.41, 5.74) is 6.76. The molecule has 0 radical (unpaired) electrons. The van der Waals surface area contributed by atoms with Gasteiger partial charge < -0.3 is 15.8 Å². The SMILES string of the molecule is CSCCCCN=C(N)Nc1ccc(OC(C)C)cc1.I. The average Bonchev–Trinajstić information content (AvgIpc) is 2.40. The quantitative estimate of drug-likeness (QED) is 0.288. The van der Waals surface area contributed by atoms with Gasteiger partial charge in [-0.1, -0.05) is 0 Å². The van der Waals surface area contributed by atoms with Crippen molar-refractivity contribution in [2.24, 2.45) is 10.7 Å². The number of ether oxygens (including phenoxy) is 1. The highest BCUT2D eigenvalue weighted by atomic mass is 127. The Morgan fingerprint density at radius 2 is 1.95 bits per heavy atom. The van der Waals surface area contributed by atoms with E-state index in [1.54, 1.807) is 0 Å². The number of anilines is 1. The molecule has 0 atom stereocenters. The number of unbranched alkanes of at least 4 members (excludes halogenated alkanes) is 1. The standard InChI is InChI=1S/C15H25N3OS.HI/c1-12(2)19-14-8-6-13(7-9-14)18-15(16)17-10-4-5-11-20-3;/h6-9,12H,4-5,10-11H2,1-3H3,(H3,16,17,18);1H. The Labute approximate surface area is 149 Å². The maximum absolute atomic E-state index is 5.84. The highest BCUT2D eigenvalue weighted by molar-refractivity contribution is 14.0. The van der Waals surface area contributed by atoms with E-state index in [4.69, 9.17) is 10.5 Å². The summed E-state index contributed by atoms with van der Waals surface area (Å²) in [6.07, 6.45) is 4.55. The van der Waals surface area contributed by atoms with Crippen LogP contribution in [0.2, 0.25) is 0 Å². The van der Waals surface area contributed by atoms with Crippen LogP contribution in [-0.4, -0.2) is 30.6 Å². The lowest BCUT2D eigenvalue weighted by Crippen LogP contribution is -2.22. The van der Waals surface area contributed by atoms with Gasteiger partial charge in [0.25, 0.3) is 0 Å². The molecule has 0 saturated carbocycles. The second kappa shape index (κ2) is 12.0. The van der Waals surface area contributed by atoms with Crippen molar-refractivity contribution in [2.45, 2.75) is 32.8 Å². The zero-order chi connectivity index (χ0) is 14.8. The van der Waals surface area contributed by atoms with Gasteiger partial charge in [0, 0.05) is 12.2 Å². The van der Waals surface area contributed by atoms with Gasteiger partial charge in [0.2, 0.25) is 0 Å². The van der Waals surface area contributed by atoms with Crippen molar-refractivity contribution in [1.82, 2.24) is 0 Å². The van der Waals surface area contributed by atoms with Gasteiger partial charge >= 0.3 is 0 Å². The second-order valence-corrected chi connectivity index (χ2v) is 5.77. The molecule has 1 rings (SSSR count). The van der Waals surface area contributed by atoms with E-state index >= 15 is 0 Å². The molecule has 0 aliphatic heterocycles. The lowest BCUT2D eigenvalue weighted by atomic mass is 10.3. The molecule has 0 unspecified atom stereocenters. The van der Waals surface area contributed by atoms with Crippen LogP contribution >= 0.6 is 35.7 Å². The number of nitrogens with one attached hydrogen (secondary N) is 1. The normalized spacial score (nSPS) is 11.1. The van der Waals surface area contributed by atoms with Crippen molar-refractivity contribution in [3.63, 3.8) is 0 Å². The highest BCUT2D eigenvalue weighted by Gasteiger charge is 1.99. The van der Waals surface area contributed by atoms with Crippen LogP contribution in [0.3, 0.4) is 0 Å². The third-order valence-corrected chi connectivity index (χ3v) is 3.23. The van der Waals surface area contributed by atoms with E-state index in [-0.39, 0.29) is 30.1 Å². The van der Waals surface area contributed by atoms with Gasteiger partial charge in [-0.2, -0.15) is 11.8 Å². The van der Waals surface area contributed by atoms with Crippen molar-refractivity contribution in [1.29, 1.82) is 0 Å². The molecule has 0 aromatic heterocycles. The van der Waals surface area contributed by atoms with Gasteiger partial charge in [0.05, 0.1) is 6.10 Å². The van der Waals surface area contributed by atoms with Gasteiger partial charge in [-0.25, -0.2) is 0 Å². The Bertz CT molecular complexity index is 410. The number of benzene rings is 1. The van der Waals surface area contributed by atoms with Crippen LogP contribution in [0.4, 0.5) is 5.69 Å². The molecule has 6 heteroatoms. The van der Waals surface area contributed by atoms with Crippen molar-refractivity contribution in [3.8, 4) is 5.75 Å². The van der Waals surface area contributed by atoms with Crippen molar-refractivity contribution in [2.75, 3.05) is 23.9 Å². The third kappa shape index (κ3) is 9.84. The highest BCUT2D eigenvalue weighted by Crippen LogP contribution is 2.16. The first kappa shape index (κ1) is 20.4. The number of aliphatic imine (C=N–C) groups is 1. The Morgan fingerprint density at radius 3 is 2.52 bits per heavy atom. The molecule has 0 aliphatic rings. The third-order valence-electron chi connectivity index (χ3n) is 2.54. The molecule has 120 valence electrons. The second-order valence-electron chi connectivity index (χ2n) is 4.78. The van der Waals surface area contributed by atoms with Gasteiger partial charge in [-0.15, -0.1) is 24.0 Å². The summed E-state index contributed by atoms with van der Waals surface area (Å²) in [6.45, 7) is 4.79. The molecule has 1 aromatic rings. The maximum Gasteiger partial charge on any atom is 0.193 e. The van der Waals surface area contributed by atoms with E-state index in [1.807, 2.05) is 49.9 Å². The molecule has 21 heavy (non-hydrogen) atoms. The van der Waals surface area contributed by atoms with E-state index in [2.05, 4.69) is 16.6 Å². The summed E-state index contributed by atoms with van der Waals surface area (Å²) in [6, 6.07) is 7.73. The number of halogens is 1. The zero-order valence-corrected chi connectivity index (χ0v) is 16.1. The number of nitrogens with two attached hydrogens (primary N) is 1. The van der Waals surface area contributed by atoms with E-state index in [0.29, 0.717) is 5.96 Å². The van der Waals surface area contributed by atoms with Gasteiger partial charge in [-0.05, 0) is 63.0 Å². The van der Waals surface area contributed by atoms with Gasteiger partial charge in [-0.3, -0.25) is 4.99 Å². The van der Waals surface area contributed by atoms with Crippen molar-refractivity contribution >= 4 is 47.4 Å². The van der Waals surface area contributed by atoms with Gasteiger partial charge in [0.15, 0.2) is 5.96 Å². The van der Waals surface area contributed by atoms with E-state index < -0.39 is 0 Å². The predicted octanol–water partition coefficient (Wildman–Crippen LogP) is 3.96. The lowest BCUT2D eigenvalue weighted by Gasteiger charge is -2.10. The van der Waals surface area contributed by atoms with Crippen molar-refractivity contribution < 1.29 is 4.74 Å². The van der Waals surface area contributed by atoms with Crippen LogP contribution in [0.15, 0.2) is 29.3 Å². The fourth-order valence-corrected chi connectivity index (χ4v) is 2.13. The lowest BCUT2D eigenvalue weighted by molar-refractivity contribution is 0.242. The molecule has 0 spiro atoms. The number of guanidine groups is 1. The zero-order valence-electron chi connectivity index (χ0n) is 13.0. The summed E-state index contributed by atoms with van der Waals surface area (Å²) in [4.78, 5) is 4.30.